The average Bonchev–Trinajstić information content (AvgIpc) is 3.38. The number of amides is 3. The van der Waals surface area contributed by atoms with Crippen LogP contribution in [0.3, 0.4) is 0 Å². The molecule has 0 spiro atoms. The standard InChI is InChI=1S/C23H32N6O6S/c1-36-8-7-16(24)20(31)27-18(10-15-11-25-13-26-15)22(33)28-17(9-14-5-3-2-4-6-14)21(32)29-19(12-30)23(34)35/h2-6,11,13,16-19,30H,7-10,12,24H2,1H3,(H,25,26)(H,27,31)(H,28,33)(H,29,32)(H,34,35). The van der Waals surface area contributed by atoms with Gasteiger partial charge in [-0.15, -0.1) is 0 Å². The minimum atomic E-state index is -1.54. The van der Waals surface area contributed by atoms with Gasteiger partial charge in [0.15, 0.2) is 0 Å². The number of carboxylic acid groups (broad SMARTS) is 1. The first-order valence-corrected chi connectivity index (χ1v) is 12.6. The molecule has 12 nitrogen and oxygen atoms in total. The third kappa shape index (κ3) is 9.32. The summed E-state index contributed by atoms with van der Waals surface area (Å²) in [5.41, 5.74) is 7.24. The maximum Gasteiger partial charge on any atom is 0.328 e. The Morgan fingerprint density at radius 2 is 1.61 bits per heavy atom. The molecule has 1 aromatic carbocycles. The summed E-state index contributed by atoms with van der Waals surface area (Å²) in [5.74, 6) is -2.72. The molecule has 1 aromatic heterocycles. The fourth-order valence-electron chi connectivity index (χ4n) is 3.27. The van der Waals surface area contributed by atoms with E-state index < -0.39 is 54.5 Å². The monoisotopic (exact) mass is 520 g/mol. The molecule has 1 heterocycles. The number of nitrogens with zero attached hydrogens (tertiary/aromatic N) is 1. The van der Waals surface area contributed by atoms with E-state index in [4.69, 9.17) is 5.73 Å². The van der Waals surface area contributed by atoms with Crippen LogP contribution in [0.5, 0.6) is 0 Å². The summed E-state index contributed by atoms with van der Waals surface area (Å²) in [6.07, 6.45) is 5.36. The molecule has 8 N–H and O–H groups in total. The van der Waals surface area contributed by atoms with Crippen LogP contribution < -0.4 is 21.7 Å². The lowest BCUT2D eigenvalue weighted by atomic mass is 10.0. The topological polar surface area (TPSA) is 200 Å². The molecule has 36 heavy (non-hydrogen) atoms. The van der Waals surface area contributed by atoms with Gasteiger partial charge in [0.2, 0.25) is 17.7 Å². The number of thioether (sulfide) groups is 1. The summed E-state index contributed by atoms with van der Waals surface area (Å²) >= 11 is 1.54. The van der Waals surface area contributed by atoms with Gasteiger partial charge in [0.05, 0.1) is 19.0 Å². The van der Waals surface area contributed by atoms with Crippen molar-refractivity contribution in [3.8, 4) is 0 Å². The second-order valence-corrected chi connectivity index (χ2v) is 9.05. The molecule has 0 bridgehead atoms. The molecule has 0 fully saturated rings. The Kier molecular flexibility index (Phi) is 11.9. The number of nitrogens with one attached hydrogen (secondary N) is 4. The first kappa shape index (κ1) is 28.8. The summed E-state index contributed by atoms with van der Waals surface area (Å²) in [5, 5.41) is 26.0. The van der Waals surface area contributed by atoms with Gasteiger partial charge in [0.1, 0.15) is 18.1 Å². The number of aliphatic hydroxyl groups excluding tert-OH is 1. The van der Waals surface area contributed by atoms with E-state index in [0.717, 1.165) is 0 Å². The lowest BCUT2D eigenvalue weighted by Crippen LogP contribution is -2.58. The van der Waals surface area contributed by atoms with E-state index in [1.54, 1.807) is 42.1 Å². The molecule has 4 atom stereocenters. The maximum atomic E-state index is 13.3. The van der Waals surface area contributed by atoms with Gasteiger partial charge >= 0.3 is 5.97 Å². The van der Waals surface area contributed by atoms with E-state index in [2.05, 4.69) is 25.9 Å². The third-order valence-corrected chi connectivity index (χ3v) is 5.94. The van der Waals surface area contributed by atoms with E-state index in [-0.39, 0.29) is 12.8 Å². The van der Waals surface area contributed by atoms with E-state index >= 15 is 0 Å². The van der Waals surface area contributed by atoms with Gasteiger partial charge in [0.25, 0.3) is 0 Å². The Labute approximate surface area is 212 Å². The largest absolute Gasteiger partial charge is 0.480 e. The van der Waals surface area contributed by atoms with Crippen molar-refractivity contribution < 1.29 is 29.4 Å². The predicted molar refractivity (Wildman–Crippen MR) is 134 cm³/mol. The highest BCUT2D eigenvalue weighted by atomic mass is 32.2. The highest BCUT2D eigenvalue weighted by Gasteiger charge is 2.30. The van der Waals surface area contributed by atoms with Gasteiger partial charge in [-0.25, -0.2) is 9.78 Å². The minimum absolute atomic E-state index is 0.0497. The molecule has 2 aromatic rings. The molecule has 2 rings (SSSR count). The van der Waals surface area contributed by atoms with Gasteiger partial charge in [-0.3, -0.25) is 14.4 Å². The fraction of sp³-hybridized carbons (Fsp3) is 0.435. The molecule has 3 amide bonds. The fourth-order valence-corrected chi connectivity index (χ4v) is 3.76. The molecule has 4 unspecified atom stereocenters. The molecule has 0 saturated heterocycles. The van der Waals surface area contributed by atoms with Gasteiger partial charge < -0.3 is 36.9 Å². The molecule has 0 saturated carbocycles. The average molecular weight is 521 g/mol. The van der Waals surface area contributed by atoms with E-state index in [1.807, 2.05) is 6.26 Å². The Hall–Kier alpha value is -3.42. The number of aliphatic carboxylic acids is 1. The second kappa shape index (κ2) is 14.9. The van der Waals surface area contributed by atoms with Crippen molar-refractivity contribution in [2.24, 2.45) is 5.73 Å². The van der Waals surface area contributed by atoms with Crippen molar-refractivity contribution in [3.05, 3.63) is 54.1 Å². The number of hydrogen-bond acceptors (Lipinski definition) is 8. The first-order chi connectivity index (χ1) is 17.2. The van der Waals surface area contributed by atoms with Crippen LogP contribution in [0.4, 0.5) is 0 Å². The van der Waals surface area contributed by atoms with Crippen molar-refractivity contribution in [3.63, 3.8) is 0 Å². The second-order valence-electron chi connectivity index (χ2n) is 8.06. The summed E-state index contributed by atoms with van der Waals surface area (Å²) < 4.78 is 0. The molecular formula is C23H32N6O6S. The SMILES string of the molecule is CSCCC(N)C(=O)NC(Cc1cnc[nH]1)C(=O)NC(Cc1ccccc1)C(=O)NC(CO)C(=O)O. The first-order valence-electron chi connectivity index (χ1n) is 11.3. The number of benzene rings is 1. The molecular weight excluding hydrogens is 488 g/mol. The highest BCUT2D eigenvalue weighted by Crippen LogP contribution is 2.07. The molecule has 0 aliphatic heterocycles. The molecule has 0 aliphatic carbocycles. The lowest BCUT2D eigenvalue weighted by molar-refractivity contribution is -0.143. The van der Waals surface area contributed by atoms with Crippen LogP contribution in [-0.2, 0) is 32.0 Å². The highest BCUT2D eigenvalue weighted by molar-refractivity contribution is 7.98. The zero-order valence-corrected chi connectivity index (χ0v) is 20.7. The van der Waals surface area contributed by atoms with Gasteiger partial charge in [-0.2, -0.15) is 11.8 Å². The quantitative estimate of drug-likeness (QED) is 0.151. The number of nitrogens with two attached hydrogens (primary N) is 1. The third-order valence-electron chi connectivity index (χ3n) is 5.29. The predicted octanol–water partition coefficient (Wildman–Crippen LogP) is -1.19. The number of hydrogen-bond donors (Lipinski definition) is 7. The van der Waals surface area contributed by atoms with Gasteiger partial charge in [0, 0.05) is 24.7 Å². The maximum absolute atomic E-state index is 13.3. The van der Waals surface area contributed by atoms with Gasteiger partial charge in [-0.05, 0) is 24.0 Å². The van der Waals surface area contributed by atoms with Crippen LogP contribution in [0.1, 0.15) is 17.7 Å². The van der Waals surface area contributed by atoms with Crippen molar-refractivity contribution in [1.82, 2.24) is 25.9 Å². The smallest absolute Gasteiger partial charge is 0.328 e. The number of aliphatic hydroxyl groups is 1. The van der Waals surface area contributed by atoms with Crippen LogP contribution in [0.2, 0.25) is 0 Å². The zero-order valence-electron chi connectivity index (χ0n) is 19.8. The molecule has 0 radical (unpaired) electrons. The van der Waals surface area contributed by atoms with Crippen molar-refractivity contribution in [2.45, 2.75) is 43.4 Å². The van der Waals surface area contributed by atoms with Crippen molar-refractivity contribution >= 4 is 35.5 Å². The Morgan fingerprint density at radius 3 is 2.17 bits per heavy atom. The van der Waals surface area contributed by atoms with Crippen LogP contribution >= 0.6 is 11.8 Å². The number of aromatic nitrogens is 2. The summed E-state index contributed by atoms with van der Waals surface area (Å²) in [6, 6.07) is 4.19. The van der Waals surface area contributed by atoms with Crippen LogP contribution in [-0.4, -0.2) is 86.7 Å². The van der Waals surface area contributed by atoms with Crippen molar-refractivity contribution in [2.75, 3.05) is 18.6 Å². The van der Waals surface area contributed by atoms with E-state index in [1.165, 1.54) is 12.5 Å². The number of rotatable bonds is 15. The van der Waals surface area contributed by atoms with Crippen molar-refractivity contribution in [1.29, 1.82) is 0 Å². The normalized spacial score (nSPS) is 14.2. The number of imidazole rings is 1. The molecule has 196 valence electrons. The Balaban J connectivity index is 2.23. The Morgan fingerprint density at radius 1 is 1.00 bits per heavy atom. The van der Waals surface area contributed by atoms with Crippen LogP contribution in [0.15, 0.2) is 42.9 Å². The molecule has 13 heteroatoms. The van der Waals surface area contributed by atoms with Crippen LogP contribution in [0.25, 0.3) is 0 Å². The Bertz CT molecular complexity index is 990. The summed E-state index contributed by atoms with van der Waals surface area (Å²) in [4.78, 5) is 56.9. The van der Waals surface area contributed by atoms with Gasteiger partial charge in [-0.1, -0.05) is 30.3 Å². The van der Waals surface area contributed by atoms with E-state index in [9.17, 15) is 29.4 Å². The zero-order chi connectivity index (χ0) is 26.5. The van der Waals surface area contributed by atoms with Crippen LogP contribution in [0, 0.1) is 0 Å². The number of carboxylic acids is 1. The number of H-pyrrole nitrogens is 1. The number of aromatic amines is 1. The summed E-state index contributed by atoms with van der Waals surface area (Å²) in [7, 11) is 0. The summed E-state index contributed by atoms with van der Waals surface area (Å²) in [6.45, 7) is -0.820. The number of carbonyl (C=O) groups excluding carboxylic acids is 3. The minimum Gasteiger partial charge on any atom is -0.480 e. The molecule has 0 aliphatic rings. The lowest BCUT2D eigenvalue weighted by Gasteiger charge is -2.25. The number of carbonyl (C=O) groups is 4. The van der Waals surface area contributed by atoms with E-state index in [0.29, 0.717) is 23.4 Å².